The van der Waals surface area contributed by atoms with Crippen molar-refractivity contribution in [1.82, 2.24) is 4.90 Å². The molecule has 0 radical (unpaired) electrons. The minimum atomic E-state index is -0.0682. The highest BCUT2D eigenvalue weighted by Crippen LogP contribution is 2.30. The predicted octanol–water partition coefficient (Wildman–Crippen LogP) is 2.92. The van der Waals surface area contributed by atoms with Crippen LogP contribution in [0.5, 0.6) is 11.5 Å². The first-order valence-electron chi connectivity index (χ1n) is 9.90. The van der Waals surface area contributed by atoms with Crippen molar-refractivity contribution >= 4 is 5.91 Å². The Morgan fingerprint density at radius 2 is 1.77 bits per heavy atom. The summed E-state index contributed by atoms with van der Waals surface area (Å²) in [6, 6.07) is 17.7. The van der Waals surface area contributed by atoms with Crippen LogP contribution in [0.15, 0.2) is 65.3 Å². The molecule has 0 saturated heterocycles. The van der Waals surface area contributed by atoms with Gasteiger partial charge in [-0.05, 0) is 42.3 Å². The SMILES string of the molecule is COc1cc(C)c(CN(C)C(=O)C[NH2+][C@H](c2ccccc2)c2ccco2)cc1OC. The maximum absolute atomic E-state index is 12.8. The average molecular weight is 410 g/mol. The van der Waals surface area contributed by atoms with Gasteiger partial charge < -0.3 is 24.1 Å². The van der Waals surface area contributed by atoms with Crippen molar-refractivity contribution in [3.05, 3.63) is 83.3 Å². The lowest BCUT2D eigenvalue weighted by Crippen LogP contribution is -2.87. The lowest BCUT2D eigenvalue weighted by molar-refractivity contribution is -0.679. The van der Waals surface area contributed by atoms with Crippen LogP contribution in [0.1, 0.15) is 28.5 Å². The summed E-state index contributed by atoms with van der Waals surface area (Å²) in [5.41, 5.74) is 3.17. The molecule has 0 unspecified atom stereocenters. The van der Waals surface area contributed by atoms with E-state index in [0.717, 1.165) is 22.5 Å². The van der Waals surface area contributed by atoms with Gasteiger partial charge in [0.25, 0.3) is 5.91 Å². The number of ether oxygens (including phenoxy) is 2. The molecule has 3 rings (SSSR count). The lowest BCUT2D eigenvalue weighted by atomic mass is 10.0. The fourth-order valence-corrected chi connectivity index (χ4v) is 3.46. The Morgan fingerprint density at radius 1 is 1.07 bits per heavy atom. The van der Waals surface area contributed by atoms with Crippen LogP contribution in [0.3, 0.4) is 0 Å². The topological polar surface area (TPSA) is 68.5 Å². The van der Waals surface area contributed by atoms with E-state index >= 15 is 0 Å². The van der Waals surface area contributed by atoms with E-state index in [-0.39, 0.29) is 11.9 Å². The number of hydrogen-bond acceptors (Lipinski definition) is 4. The molecule has 6 heteroatoms. The molecule has 0 saturated carbocycles. The predicted molar refractivity (Wildman–Crippen MR) is 115 cm³/mol. The van der Waals surface area contributed by atoms with Crippen LogP contribution in [-0.2, 0) is 11.3 Å². The summed E-state index contributed by atoms with van der Waals surface area (Å²) in [4.78, 5) is 14.6. The molecule has 0 fully saturated rings. The molecule has 30 heavy (non-hydrogen) atoms. The van der Waals surface area contributed by atoms with Crippen molar-refractivity contribution in [2.24, 2.45) is 0 Å². The summed E-state index contributed by atoms with van der Waals surface area (Å²) < 4.78 is 16.4. The number of carbonyl (C=O) groups is 1. The van der Waals surface area contributed by atoms with E-state index in [9.17, 15) is 4.79 Å². The number of furan rings is 1. The summed E-state index contributed by atoms with van der Waals surface area (Å²) in [5.74, 6) is 2.21. The van der Waals surface area contributed by atoms with E-state index in [0.29, 0.717) is 24.6 Å². The van der Waals surface area contributed by atoms with E-state index in [2.05, 4.69) is 0 Å². The fraction of sp³-hybridized carbons (Fsp3) is 0.292. The van der Waals surface area contributed by atoms with Crippen LogP contribution in [0.4, 0.5) is 0 Å². The van der Waals surface area contributed by atoms with E-state index < -0.39 is 0 Å². The Bertz CT molecular complexity index is 955. The van der Waals surface area contributed by atoms with Crippen molar-refractivity contribution in [1.29, 1.82) is 0 Å². The van der Waals surface area contributed by atoms with Gasteiger partial charge >= 0.3 is 0 Å². The highest BCUT2D eigenvalue weighted by atomic mass is 16.5. The van der Waals surface area contributed by atoms with Crippen molar-refractivity contribution < 1.29 is 24.0 Å². The van der Waals surface area contributed by atoms with Gasteiger partial charge in [-0.2, -0.15) is 0 Å². The third-order valence-electron chi connectivity index (χ3n) is 5.21. The molecule has 3 aromatic rings. The van der Waals surface area contributed by atoms with Crippen molar-refractivity contribution in [3.63, 3.8) is 0 Å². The number of methoxy groups -OCH3 is 2. The third kappa shape index (κ3) is 5.02. The Kier molecular flexibility index (Phi) is 7.14. The molecule has 0 aliphatic carbocycles. The van der Waals surface area contributed by atoms with Crippen LogP contribution in [0.2, 0.25) is 0 Å². The van der Waals surface area contributed by atoms with E-state index in [1.165, 1.54) is 0 Å². The molecule has 0 aliphatic rings. The Morgan fingerprint density at radius 3 is 2.40 bits per heavy atom. The van der Waals surface area contributed by atoms with E-state index in [4.69, 9.17) is 13.9 Å². The number of hydrogen-bond donors (Lipinski definition) is 1. The fourth-order valence-electron chi connectivity index (χ4n) is 3.46. The van der Waals surface area contributed by atoms with Crippen molar-refractivity contribution in [3.8, 4) is 11.5 Å². The van der Waals surface area contributed by atoms with Crippen LogP contribution in [-0.4, -0.2) is 38.6 Å². The highest BCUT2D eigenvalue weighted by molar-refractivity contribution is 5.76. The molecule has 1 amide bonds. The first kappa shape index (κ1) is 21.5. The minimum absolute atomic E-state index is 0.0386. The largest absolute Gasteiger partial charge is 0.493 e. The minimum Gasteiger partial charge on any atom is -0.493 e. The second-order valence-corrected chi connectivity index (χ2v) is 7.23. The maximum Gasteiger partial charge on any atom is 0.277 e. The normalized spacial score (nSPS) is 11.7. The number of rotatable bonds is 9. The number of nitrogens with two attached hydrogens (primary N) is 1. The molecule has 2 N–H and O–H groups in total. The first-order valence-corrected chi connectivity index (χ1v) is 9.90. The van der Waals surface area contributed by atoms with Crippen LogP contribution >= 0.6 is 0 Å². The summed E-state index contributed by atoms with van der Waals surface area (Å²) in [5, 5.41) is 2.01. The second kappa shape index (κ2) is 9.98. The molecule has 1 atom stereocenters. The van der Waals surface area contributed by atoms with Gasteiger partial charge in [0.05, 0.1) is 20.5 Å². The van der Waals surface area contributed by atoms with Crippen LogP contribution < -0.4 is 14.8 Å². The van der Waals surface area contributed by atoms with Crippen LogP contribution in [0.25, 0.3) is 0 Å². The number of amides is 1. The Hall–Kier alpha value is -3.25. The molecular formula is C24H29N2O4+. The number of quaternary nitrogens is 1. The monoisotopic (exact) mass is 409 g/mol. The zero-order valence-electron chi connectivity index (χ0n) is 17.9. The quantitative estimate of drug-likeness (QED) is 0.590. The number of likely N-dealkylation sites (N-methyl/N-ethyl adjacent to an activating group) is 1. The van der Waals surface area contributed by atoms with Gasteiger partial charge in [-0.25, -0.2) is 0 Å². The van der Waals surface area contributed by atoms with Gasteiger partial charge in [-0.15, -0.1) is 0 Å². The van der Waals surface area contributed by atoms with Gasteiger partial charge in [0.15, 0.2) is 29.8 Å². The molecule has 0 aliphatic heterocycles. The lowest BCUT2D eigenvalue weighted by Gasteiger charge is -2.21. The maximum atomic E-state index is 12.8. The third-order valence-corrected chi connectivity index (χ3v) is 5.21. The molecule has 158 valence electrons. The zero-order valence-corrected chi connectivity index (χ0v) is 17.9. The van der Waals surface area contributed by atoms with Gasteiger partial charge in [0.2, 0.25) is 0 Å². The van der Waals surface area contributed by atoms with Crippen LogP contribution in [0, 0.1) is 6.92 Å². The first-order chi connectivity index (χ1) is 14.5. The van der Waals surface area contributed by atoms with E-state index in [1.54, 1.807) is 25.4 Å². The van der Waals surface area contributed by atoms with E-state index in [1.807, 2.05) is 73.9 Å². The zero-order chi connectivity index (χ0) is 21.5. The number of aryl methyl sites for hydroxylation is 1. The summed E-state index contributed by atoms with van der Waals surface area (Å²) in [6.07, 6.45) is 1.66. The Labute approximate surface area is 177 Å². The number of benzene rings is 2. The number of carbonyl (C=O) groups excluding carboxylic acids is 1. The molecule has 2 aromatic carbocycles. The molecule has 1 aromatic heterocycles. The van der Waals surface area contributed by atoms with Gasteiger partial charge in [-0.3, -0.25) is 4.79 Å². The Balaban J connectivity index is 1.68. The number of nitrogens with zero attached hydrogens (tertiary/aromatic N) is 1. The van der Waals surface area contributed by atoms with Crippen molar-refractivity contribution in [2.45, 2.75) is 19.5 Å². The van der Waals surface area contributed by atoms with Gasteiger partial charge in [-0.1, -0.05) is 30.3 Å². The molecule has 0 spiro atoms. The van der Waals surface area contributed by atoms with Crippen molar-refractivity contribution in [2.75, 3.05) is 27.8 Å². The standard InChI is InChI=1S/C24H28N2O4/c1-17-13-21(28-3)22(29-4)14-19(17)16-26(2)23(27)15-25-24(20-11-8-12-30-20)18-9-6-5-7-10-18/h5-14,24-25H,15-16H2,1-4H3/p+1/t24-/m1/s1. The highest BCUT2D eigenvalue weighted by Gasteiger charge is 2.23. The summed E-state index contributed by atoms with van der Waals surface area (Å²) in [7, 11) is 5.04. The molecule has 0 bridgehead atoms. The second-order valence-electron chi connectivity index (χ2n) is 7.23. The molecule has 1 heterocycles. The smallest absolute Gasteiger partial charge is 0.277 e. The van der Waals surface area contributed by atoms with Gasteiger partial charge in [0.1, 0.15) is 0 Å². The molecular weight excluding hydrogens is 380 g/mol. The van der Waals surface area contributed by atoms with Gasteiger partial charge in [0, 0.05) is 19.2 Å². The molecule has 6 nitrogen and oxygen atoms in total. The summed E-state index contributed by atoms with van der Waals surface area (Å²) in [6.45, 7) is 2.81. The average Bonchev–Trinajstić information content (AvgIpc) is 3.30. The summed E-state index contributed by atoms with van der Waals surface area (Å²) >= 11 is 0.